The second-order valence-electron chi connectivity index (χ2n) is 7.73. The maximum absolute atomic E-state index is 13.2. The lowest BCUT2D eigenvalue weighted by Gasteiger charge is -2.30. The van der Waals surface area contributed by atoms with E-state index in [0.29, 0.717) is 30.0 Å². The number of aromatic nitrogens is 3. The Morgan fingerprint density at radius 1 is 1.13 bits per heavy atom. The molecule has 2 aromatic heterocycles. The summed E-state index contributed by atoms with van der Waals surface area (Å²) in [6.07, 6.45) is 1.53. The predicted molar refractivity (Wildman–Crippen MR) is 115 cm³/mol. The number of nitrogens with zero attached hydrogens (tertiary/aromatic N) is 4. The molecule has 0 saturated carbocycles. The molecule has 1 aliphatic rings. The number of likely N-dealkylation sites (tertiary alicyclic amines) is 1. The molecule has 4 aromatic rings. The van der Waals surface area contributed by atoms with Crippen LogP contribution < -0.4 is 0 Å². The minimum absolute atomic E-state index is 0.146. The van der Waals surface area contributed by atoms with Gasteiger partial charge in [0, 0.05) is 19.0 Å². The van der Waals surface area contributed by atoms with Crippen LogP contribution in [0.5, 0.6) is 0 Å². The van der Waals surface area contributed by atoms with Gasteiger partial charge in [-0.25, -0.2) is 14.1 Å². The third-order valence-corrected chi connectivity index (χ3v) is 6.08. The SMILES string of the molecule is Cc1nn(-c2ccc(F)cc2)c(Cl)c1C(=O)N1CCC(c2nc3ccccc3o2)CC1. The van der Waals surface area contributed by atoms with E-state index in [1.807, 2.05) is 24.3 Å². The number of aryl methyl sites for hydroxylation is 1. The van der Waals surface area contributed by atoms with Crippen molar-refractivity contribution < 1.29 is 13.6 Å². The van der Waals surface area contributed by atoms with Crippen LogP contribution in [0.2, 0.25) is 5.15 Å². The number of hydrogen-bond acceptors (Lipinski definition) is 4. The second-order valence-corrected chi connectivity index (χ2v) is 8.08. The number of amides is 1. The molecule has 1 aliphatic heterocycles. The van der Waals surface area contributed by atoms with Gasteiger partial charge in [-0.1, -0.05) is 23.7 Å². The molecule has 0 atom stereocenters. The summed E-state index contributed by atoms with van der Waals surface area (Å²) in [4.78, 5) is 19.6. The van der Waals surface area contributed by atoms with Crippen LogP contribution in [-0.4, -0.2) is 38.7 Å². The van der Waals surface area contributed by atoms with E-state index in [2.05, 4.69) is 10.1 Å². The Labute approximate surface area is 183 Å². The van der Waals surface area contributed by atoms with Crippen molar-refractivity contribution >= 4 is 28.6 Å². The van der Waals surface area contributed by atoms with Gasteiger partial charge in [0.15, 0.2) is 11.5 Å². The fourth-order valence-electron chi connectivity index (χ4n) is 4.05. The van der Waals surface area contributed by atoms with Crippen molar-refractivity contribution in [1.29, 1.82) is 0 Å². The molecular weight excluding hydrogens is 419 g/mol. The number of fused-ring (bicyclic) bond motifs is 1. The molecule has 5 rings (SSSR count). The summed E-state index contributed by atoms with van der Waals surface area (Å²) in [6.45, 7) is 2.92. The van der Waals surface area contributed by atoms with Crippen LogP contribution in [0, 0.1) is 12.7 Å². The van der Waals surface area contributed by atoms with Crippen LogP contribution >= 0.6 is 11.6 Å². The highest BCUT2D eigenvalue weighted by molar-refractivity contribution is 6.33. The Hall–Kier alpha value is -3.19. The van der Waals surface area contributed by atoms with Crippen molar-refractivity contribution in [3.8, 4) is 5.69 Å². The first-order valence-electron chi connectivity index (χ1n) is 10.2. The number of para-hydroxylation sites is 2. The Bertz CT molecular complexity index is 1220. The molecule has 158 valence electrons. The Balaban J connectivity index is 1.33. The van der Waals surface area contributed by atoms with Crippen molar-refractivity contribution in [2.45, 2.75) is 25.7 Å². The number of halogens is 2. The molecule has 8 heteroatoms. The summed E-state index contributed by atoms with van der Waals surface area (Å²) in [5, 5.41) is 4.63. The number of benzene rings is 2. The number of piperidine rings is 1. The molecule has 3 heterocycles. The Kier molecular flexibility index (Phi) is 4.98. The first-order chi connectivity index (χ1) is 15.0. The average molecular weight is 439 g/mol. The molecule has 1 saturated heterocycles. The zero-order chi connectivity index (χ0) is 21.5. The largest absolute Gasteiger partial charge is 0.440 e. The zero-order valence-corrected chi connectivity index (χ0v) is 17.6. The van der Waals surface area contributed by atoms with E-state index in [1.165, 1.54) is 16.8 Å². The number of rotatable bonds is 3. The van der Waals surface area contributed by atoms with Crippen LogP contribution in [0.25, 0.3) is 16.8 Å². The summed E-state index contributed by atoms with van der Waals surface area (Å²) < 4.78 is 20.6. The van der Waals surface area contributed by atoms with Crippen LogP contribution in [0.3, 0.4) is 0 Å². The normalized spacial score (nSPS) is 15.0. The Morgan fingerprint density at radius 2 is 1.84 bits per heavy atom. The fraction of sp³-hybridized carbons (Fsp3) is 0.261. The zero-order valence-electron chi connectivity index (χ0n) is 16.9. The summed E-state index contributed by atoms with van der Waals surface area (Å²) in [5.74, 6) is 0.412. The minimum atomic E-state index is -0.345. The van der Waals surface area contributed by atoms with E-state index in [-0.39, 0.29) is 22.8 Å². The van der Waals surface area contributed by atoms with Crippen molar-refractivity contribution in [3.63, 3.8) is 0 Å². The van der Waals surface area contributed by atoms with Crippen molar-refractivity contribution in [2.75, 3.05) is 13.1 Å². The molecule has 0 bridgehead atoms. The van der Waals surface area contributed by atoms with Crippen LogP contribution in [0.15, 0.2) is 52.9 Å². The van der Waals surface area contributed by atoms with Gasteiger partial charge in [-0.3, -0.25) is 4.79 Å². The molecule has 2 aromatic carbocycles. The Morgan fingerprint density at radius 3 is 2.55 bits per heavy atom. The third-order valence-electron chi connectivity index (χ3n) is 5.73. The minimum Gasteiger partial charge on any atom is -0.440 e. The molecule has 1 fully saturated rings. The van der Waals surface area contributed by atoms with Gasteiger partial charge in [0.25, 0.3) is 5.91 Å². The first-order valence-corrected chi connectivity index (χ1v) is 10.5. The molecule has 31 heavy (non-hydrogen) atoms. The van der Waals surface area contributed by atoms with Gasteiger partial charge in [-0.15, -0.1) is 0 Å². The van der Waals surface area contributed by atoms with Gasteiger partial charge in [0.2, 0.25) is 0 Å². The fourth-order valence-corrected chi connectivity index (χ4v) is 4.40. The summed E-state index contributed by atoms with van der Waals surface area (Å²) in [5.41, 5.74) is 3.16. The number of carbonyl (C=O) groups is 1. The van der Waals surface area contributed by atoms with Gasteiger partial charge >= 0.3 is 0 Å². The maximum Gasteiger partial charge on any atom is 0.258 e. The third kappa shape index (κ3) is 3.59. The van der Waals surface area contributed by atoms with E-state index in [0.717, 1.165) is 29.8 Å². The number of carbonyl (C=O) groups excluding carboxylic acids is 1. The lowest BCUT2D eigenvalue weighted by atomic mass is 9.96. The molecule has 0 spiro atoms. The molecule has 0 unspecified atom stereocenters. The topological polar surface area (TPSA) is 64.2 Å². The molecule has 6 nitrogen and oxygen atoms in total. The van der Waals surface area contributed by atoms with Gasteiger partial charge < -0.3 is 9.32 Å². The van der Waals surface area contributed by atoms with Gasteiger partial charge in [0.1, 0.15) is 16.5 Å². The predicted octanol–water partition coefficient (Wildman–Crippen LogP) is 5.13. The monoisotopic (exact) mass is 438 g/mol. The molecule has 0 N–H and O–H groups in total. The summed E-state index contributed by atoms with van der Waals surface area (Å²) in [6, 6.07) is 13.5. The number of hydrogen-bond donors (Lipinski definition) is 0. The lowest BCUT2D eigenvalue weighted by molar-refractivity contribution is 0.0706. The molecular formula is C23H20ClFN4O2. The highest BCUT2D eigenvalue weighted by Gasteiger charge is 2.31. The molecule has 0 radical (unpaired) electrons. The van der Waals surface area contributed by atoms with Crippen LogP contribution in [0.4, 0.5) is 4.39 Å². The van der Waals surface area contributed by atoms with Gasteiger partial charge in [0.05, 0.1) is 16.9 Å². The molecule has 1 amide bonds. The number of oxazole rings is 1. The van der Waals surface area contributed by atoms with E-state index >= 15 is 0 Å². The van der Waals surface area contributed by atoms with Gasteiger partial charge in [-0.2, -0.15) is 5.10 Å². The molecule has 0 aliphatic carbocycles. The quantitative estimate of drug-likeness (QED) is 0.444. The van der Waals surface area contributed by atoms with E-state index in [9.17, 15) is 9.18 Å². The van der Waals surface area contributed by atoms with Crippen LogP contribution in [0.1, 0.15) is 40.7 Å². The first kappa shape index (κ1) is 19.8. The summed E-state index contributed by atoms with van der Waals surface area (Å²) in [7, 11) is 0. The van der Waals surface area contributed by atoms with Crippen molar-refractivity contribution in [1.82, 2.24) is 19.7 Å². The van der Waals surface area contributed by atoms with E-state index < -0.39 is 0 Å². The maximum atomic E-state index is 13.2. The van der Waals surface area contributed by atoms with E-state index in [4.69, 9.17) is 16.0 Å². The van der Waals surface area contributed by atoms with Crippen molar-refractivity contribution in [2.24, 2.45) is 0 Å². The second kappa shape index (κ2) is 7.81. The standard InChI is InChI=1S/C23H20ClFN4O2/c1-14-20(21(24)29(27-14)17-8-6-16(25)7-9-17)23(30)28-12-10-15(11-13-28)22-26-18-4-2-3-5-19(18)31-22/h2-9,15H,10-13H2,1H3. The highest BCUT2D eigenvalue weighted by atomic mass is 35.5. The highest BCUT2D eigenvalue weighted by Crippen LogP contribution is 2.32. The summed E-state index contributed by atoms with van der Waals surface area (Å²) >= 11 is 6.52. The average Bonchev–Trinajstić information content (AvgIpc) is 3.34. The van der Waals surface area contributed by atoms with E-state index in [1.54, 1.807) is 24.0 Å². The lowest BCUT2D eigenvalue weighted by Crippen LogP contribution is -2.38. The van der Waals surface area contributed by atoms with Crippen molar-refractivity contribution in [3.05, 3.63) is 76.6 Å². The van der Waals surface area contributed by atoms with Gasteiger partial charge in [-0.05, 0) is 56.2 Å². The smallest absolute Gasteiger partial charge is 0.258 e. The van der Waals surface area contributed by atoms with Crippen LogP contribution in [-0.2, 0) is 0 Å².